The van der Waals surface area contributed by atoms with Crippen molar-refractivity contribution < 1.29 is 28.7 Å². The Labute approximate surface area is 230 Å². The zero-order chi connectivity index (χ0) is 28.1. The van der Waals surface area contributed by atoms with Gasteiger partial charge >= 0.3 is 5.97 Å². The molecule has 2 unspecified atom stereocenters. The first-order valence-corrected chi connectivity index (χ1v) is 12.7. The monoisotopic (exact) mass is 551 g/mol. The standard InChI is InChI=1S/C29H27ClFN3O5/c1-18-5-2-6-20(15-18)24(17-25(35)36)32-26(37)27-33(28(38)19-9-11-22(30)12-10-19)13-4-14-34(27)29(39)21-7-3-8-23(31)16-21/h2-3,5-12,15-16,24,27H,4,13-14,17H2,1H3,(H,32,37)(H,35,36). The summed E-state index contributed by atoms with van der Waals surface area (Å²) in [5.41, 5.74) is 1.73. The van der Waals surface area contributed by atoms with E-state index in [9.17, 15) is 28.7 Å². The smallest absolute Gasteiger partial charge is 0.305 e. The number of nitrogens with zero attached hydrogens (tertiary/aromatic N) is 2. The normalized spacial score (nSPS) is 15.9. The van der Waals surface area contributed by atoms with Crippen molar-refractivity contribution in [3.05, 3.63) is 106 Å². The van der Waals surface area contributed by atoms with Crippen LogP contribution in [-0.2, 0) is 9.59 Å². The molecule has 39 heavy (non-hydrogen) atoms. The highest BCUT2D eigenvalue weighted by atomic mass is 35.5. The summed E-state index contributed by atoms with van der Waals surface area (Å²) in [6, 6.07) is 17.4. The number of benzene rings is 3. The molecule has 4 rings (SSSR count). The minimum atomic E-state index is -1.40. The van der Waals surface area contributed by atoms with Crippen molar-refractivity contribution in [2.45, 2.75) is 32.0 Å². The van der Waals surface area contributed by atoms with Crippen molar-refractivity contribution in [2.24, 2.45) is 0 Å². The minimum absolute atomic E-state index is 0.0226. The number of amides is 3. The minimum Gasteiger partial charge on any atom is -0.481 e. The van der Waals surface area contributed by atoms with E-state index in [0.29, 0.717) is 17.0 Å². The molecule has 1 aliphatic rings. The summed E-state index contributed by atoms with van der Waals surface area (Å²) >= 11 is 5.97. The van der Waals surface area contributed by atoms with Gasteiger partial charge < -0.3 is 20.2 Å². The van der Waals surface area contributed by atoms with Gasteiger partial charge in [0.25, 0.3) is 17.7 Å². The van der Waals surface area contributed by atoms with E-state index in [-0.39, 0.29) is 24.2 Å². The summed E-state index contributed by atoms with van der Waals surface area (Å²) < 4.78 is 13.9. The molecule has 8 nitrogen and oxygen atoms in total. The second-order valence-corrected chi connectivity index (χ2v) is 9.75. The lowest BCUT2D eigenvalue weighted by Crippen LogP contribution is -2.63. The van der Waals surface area contributed by atoms with Gasteiger partial charge in [0.05, 0.1) is 12.5 Å². The topological polar surface area (TPSA) is 107 Å². The van der Waals surface area contributed by atoms with Gasteiger partial charge in [0.2, 0.25) is 0 Å². The van der Waals surface area contributed by atoms with Crippen LogP contribution in [0.5, 0.6) is 0 Å². The lowest BCUT2D eigenvalue weighted by Gasteiger charge is -2.43. The Bertz CT molecular complexity index is 1400. The average molecular weight is 552 g/mol. The molecule has 0 aromatic heterocycles. The van der Waals surface area contributed by atoms with Crippen molar-refractivity contribution in [1.82, 2.24) is 15.1 Å². The molecule has 2 atom stereocenters. The number of nitrogens with one attached hydrogen (secondary N) is 1. The Hall–Kier alpha value is -4.24. The maximum Gasteiger partial charge on any atom is 0.305 e. The largest absolute Gasteiger partial charge is 0.481 e. The predicted octanol–water partition coefficient (Wildman–Crippen LogP) is 4.43. The van der Waals surface area contributed by atoms with Crippen LogP contribution in [0.25, 0.3) is 0 Å². The Morgan fingerprint density at radius 3 is 2.21 bits per heavy atom. The molecule has 1 fully saturated rings. The maximum absolute atomic E-state index is 13.9. The SMILES string of the molecule is Cc1cccc(C(CC(=O)O)NC(=O)C2N(C(=O)c3ccc(Cl)cc3)CCCN2C(=O)c2cccc(F)c2)c1. The van der Waals surface area contributed by atoms with Gasteiger partial charge in [-0.05, 0) is 61.4 Å². The number of hydrogen-bond acceptors (Lipinski definition) is 4. The summed E-state index contributed by atoms with van der Waals surface area (Å²) in [4.78, 5) is 55.1. The third-order valence-corrected chi connectivity index (χ3v) is 6.70. The van der Waals surface area contributed by atoms with Gasteiger partial charge in [-0.3, -0.25) is 19.2 Å². The van der Waals surface area contributed by atoms with Crippen molar-refractivity contribution >= 4 is 35.3 Å². The van der Waals surface area contributed by atoms with Crippen LogP contribution in [0.3, 0.4) is 0 Å². The van der Waals surface area contributed by atoms with E-state index in [1.807, 2.05) is 13.0 Å². The molecule has 0 bridgehead atoms. The van der Waals surface area contributed by atoms with Gasteiger partial charge in [0.1, 0.15) is 5.82 Å². The summed E-state index contributed by atoms with van der Waals surface area (Å²) in [5.74, 6) is -3.61. The first-order valence-electron chi connectivity index (χ1n) is 12.4. The molecule has 3 aromatic carbocycles. The molecule has 3 amide bonds. The second kappa shape index (κ2) is 12.1. The molecule has 202 valence electrons. The van der Waals surface area contributed by atoms with Gasteiger partial charge in [0, 0.05) is 29.2 Å². The lowest BCUT2D eigenvalue weighted by atomic mass is 10.0. The Balaban J connectivity index is 1.72. The molecule has 0 saturated carbocycles. The number of aryl methyl sites for hydroxylation is 1. The first-order chi connectivity index (χ1) is 18.6. The van der Waals surface area contributed by atoms with Crippen molar-refractivity contribution in [3.63, 3.8) is 0 Å². The Kier molecular flexibility index (Phi) is 8.61. The van der Waals surface area contributed by atoms with Crippen LogP contribution in [0, 0.1) is 12.7 Å². The number of carbonyl (C=O) groups is 4. The fourth-order valence-corrected chi connectivity index (χ4v) is 4.76. The zero-order valence-corrected chi connectivity index (χ0v) is 21.9. The van der Waals surface area contributed by atoms with Crippen LogP contribution in [0.15, 0.2) is 72.8 Å². The summed E-state index contributed by atoms with van der Waals surface area (Å²) in [7, 11) is 0. The van der Waals surface area contributed by atoms with Crippen LogP contribution in [0.4, 0.5) is 4.39 Å². The third-order valence-electron chi connectivity index (χ3n) is 6.45. The van der Waals surface area contributed by atoms with E-state index in [2.05, 4.69) is 5.32 Å². The fraction of sp³-hybridized carbons (Fsp3) is 0.241. The number of carboxylic acids is 1. The number of hydrogen-bond donors (Lipinski definition) is 2. The molecule has 3 aromatic rings. The molecule has 0 radical (unpaired) electrons. The Morgan fingerprint density at radius 2 is 1.59 bits per heavy atom. The van der Waals surface area contributed by atoms with Gasteiger partial charge in [-0.1, -0.05) is 47.5 Å². The van der Waals surface area contributed by atoms with E-state index in [0.717, 1.165) is 11.6 Å². The average Bonchev–Trinajstić information content (AvgIpc) is 2.91. The van der Waals surface area contributed by atoms with E-state index in [1.54, 1.807) is 30.3 Å². The highest BCUT2D eigenvalue weighted by Gasteiger charge is 2.41. The predicted molar refractivity (Wildman–Crippen MR) is 143 cm³/mol. The first kappa shape index (κ1) is 27.8. The lowest BCUT2D eigenvalue weighted by molar-refractivity contribution is -0.138. The summed E-state index contributed by atoms with van der Waals surface area (Å²) in [6.07, 6.45) is -1.44. The molecule has 1 saturated heterocycles. The van der Waals surface area contributed by atoms with Crippen LogP contribution in [0.2, 0.25) is 5.02 Å². The number of rotatable bonds is 7. The number of carboxylic acid groups (broad SMARTS) is 1. The fourth-order valence-electron chi connectivity index (χ4n) is 4.64. The molecule has 0 aliphatic carbocycles. The van der Waals surface area contributed by atoms with Crippen LogP contribution < -0.4 is 5.32 Å². The van der Waals surface area contributed by atoms with Gasteiger partial charge in [0.15, 0.2) is 6.17 Å². The van der Waals surface area contributed by atoms with Crippen molar-refractivity contribution in [1.29, 1.82) is 0 Å². The highest BCUT2D eigenvalue weighted by molar-refractivity contribution is 6.30. The third kappa shape index (κ3) is 6.61. The summed E-state index contributed by atoms with van der Waals surface area (Å²) in [6.45, 7) is 2.14. The van der Waals surface area contributed by atoms with E-state index in [4.69, 9.17) is 11.6 Å². The molecule has 1 aliphatic heterocycles. The van der Waals surface area contributed by atoms with Crippen LogP contribution in [-0.4, -0.2) is 57.9 Å². The number of carbonyl (C=O) groups excluding carboxylic acids is 3. The van der Waals surface area contributed by atoms with Crippen LogP contribution in [0.1, 0.15) is 50.7 Å². The number of aliphatic carboxylic acids is 1. The highest BCUT2D eigenvalue weighted by Crippen LogP contribution is 2.24. The van der Waals surface area contributed by atoms with Gasteiger partial charge in [-0.15, -0.1) is 0 Å². The zero-order valence-electron chi connectivity index (χ0n) is 21.1. The van der Waals surface area contributed by atoms with E-state index >= 15 is 0 Å². The van der Waals surface area contributed by atoms with E-state index in [1.165, 1.54) is 40.1 Å². The summed E-state index contributed by atoms with van der Waals surface area (Å²) in [5, 5.41) is 12.7. The van der Waals surface area contributed by atoms with E-state index < -0.39 is 48.1 Å². The molecular weight excluding hydrogens is 525 g/mol. The van der Waals surface area contributed by atoms with Crippen molar-refractivity contribution in [2.75, 3.05) is 13.1 Å². The van der Waals surface area contributed by atoms with Crippen molar-refractivity contribution in [3.8, 4) is 0 Å². The number of halogens is 2. The second-order valence-electron chi connectivity index (χ2n) is 9.31. The molecule has 0 spiro atoms. The maximum atomic E-state index is 13.9. The quantitative estimate of drug-likeness (QED) is 0.452. The molecular formula is C29H27ClFN3O5. The van der Waals surface area contributed by atoms with Crippen LogP contribution >= 0.6 is 11.6 Å². The molecule has 10 heteroatoms. The van der Waals surface area contributed by atoms with Gasteiger partial charge in [-0.25, -0.2) is 4.39 Å². The Morgan fingerprint density at radius 1 is 0.949 bits per heavy atom. The molecule has 1 heterocycles. The van der Waals surface area contributed by atoms with Gasteiger partial charge in [-0.2, -0.15) is 0 Å². The molecule has 2 N–H and O–H groups in total.